The van der Waals surface area contributed by atoms with Gasteiger partial charge in [0.1, 0.15) is 5.82 Å². The normalized spacial score (nSPS) is 31.4. The summed E-state index contributed by atoms with van der Waals surface area (Å²) >= 11 is 6.26. The lowest BCUT2D eigenvalue weighted by Crippen LogP contribution is -2.35. The molecule has 3 rings (SSSR count). The largest absolute Gasteiger partial charge is 0.316 e. The summed E-state index contributed by atoms with van der Waals surface area (Å²) in [5.41, 5.74) is 1.27. The van der Waals surface area contributed by atoms with Crippen LogP contribution in [0.15, 0.2) is 18.2 Å². The van der Waals surface area contributed by atoms with Crippen LogP contribution in [-0.4, -0.2) is 13.1 Å². The molecule has 2 unspecified atom stereocenters. The molecule has 2 saturated carbocycles. The van der Waals surface area contributed by atoms with Gasteiger partial charge in [-0.3, -0.25) is 0 Å². The van der Waals surface area contributed by atoms with Crippen LogP contribution in [0.2, 0.25) is 5.02 Å². The lowest BCUT2D eigenvalue weighted by atomic mass is 9.77. The van der Waals surface area contributed by atoms with Gasteiger partial charge in [0.05, 0.1) is 0 Å². The van der Waals surface area contributed by atoms with E-state index in [9.17, 15) is 4.39 Å². The minimum absolute atomic E-state index is 0.177. The summed E-state index contributed by atoms with van der Waals surface area (Å²) in [4.78, 5) is 0. The van der Waals surface area contributed by atoms with E-state index in [0.717, 1.165) is 43.3 Å². The Labute approximate surface area is 125 Å². The van der Waals surface area contributed by atoms with E-state index in [1.54, 1.807) is 12.1 Å². The topological polar surface area (TPSA) is 12.0 Å². The third kappa shape index (κ3) is 3.01. The molecule has 1 N–H and O–H groups in total. The highest BCUT2D eigenvalue weighted by molar-refractivity contribution is 6.31. The van der Waals surface area contributed by atoms with Crippen LogP contribution in [0.5, 0.6) is 0 Å². The summed E-state index contributed by atoms with van der Waals surface area (Å²) in [6.07, 6.45) is 6.03. The Morgan fingerprint density at radius 3 is 2.80 bits per heavy atom. The molecule has 0 saturated heterocycles. The van der Waals surface area contributed by atoms with Gasteiger partial charge in [0.15, 0.2) is 0 Å². The van der Waals surface area contributed by atoms with E-state index in [0.29, 0.717) is 10.4 Å². The van der Waals surface area contributed by atoms with Crippen LogP contribution in [0.4, 0.5) is 4.39 Å². The van der Waals surface area contributed by atoms with Crippen LogP contribution >= 0.6 is 11.6 Å². The van der Waals surface area contributed by atoms with E-state index in [1.807, 2.05) is 0 Å². The fourth-order valence-corrected chi connectivity index (χ4v) is 4.15. The quantitative estimate of drug-likeness (QED) is 0.765. The lowest BCUT2D eigenvalue weighted by molar-refractivity contribution is 0.249. The molecule has 1 nitrogen and oxygen atoms in total. The second-order valence-electron chi connectivity index (χ2n) is 6.75. The Bertz CT molecular complexity index is 478. The number of benzene rings is 1. The van der Waals surface area contributed by atoms with Gasteiger partial charge in [0.2, 0.25) is 0 Å². The van der Waals surface area contributed by atoms with Gasteiger partial charge in [-0.15, -0.1) is 0 Å². The number of hydrogen-bond acceptors (Lipinski definition) is 1. The molecule has 0 radical (unpaired) electrons. The van der Waals surface area contributed by atoms with Crippen LogP contribution in [0.3, 0.4) is 0 Å². The van der Waals surface area contributed by atoms with Gasteiger partial charge in [0.25, 0.3) is 0 Å². The first-order valence-electron chi connectivity index (χ1n) is 7.76. The highest BCUT2D eigenvalue weighted by Crippen LogP contribution is 2.60. The van der Waals surface area contributed by atoms with Crippen LogP contribution in [0.1, 0.15) is 38.2 Å². The summed E-state index contributed by atoms with van der Waals surface area (Å²) in [5.74, 6) is 1.67. The fraction of sp³-hybridized carbons (Fsp3) is 0.647. The molecule has 1 aromatic rings. The Balaban J connectivity index is 1.74. The van der Waals surface area contributed by atoms with Gasteiger partial charge in [-0.2, -0.15) is 0 Å². The molecule has 0 heterocycles. The summed E-state index contributed by atoms with van der Waals surface area (Å²) in [6.45, 7) is 4.30. The first kappa shape index (κ1) is 14.3. The third-order valence-electron chi connectivity index (χ3n) is 4.96. The third-order valence-corrected chi connectivity index (χ3v) is 5.33. The Hall–Kier alpha value is -0.600. The molecular formula is C17H23ClFN. The number of nitrogens with one attached hydrogen (secondary N) is 1. The van der Waals surface area contributed by atoms with Gasteiger partial charge in [0, 0.05) is 11.6 Å². The molecule has 3 heteroatoms. The van der Waals surface area contributed by atoms with Gasteiger partial charge >= 0.3 is 0 Å². The van der Waals surface area contributed by atoms with Crippen LogP contribution in [0.25, 0.3) is 0 Å². The average Bonchev–Trinajstić information content (AvgIpc) is 3.03. The van der Waals surface area contributed by atoms with Crippen molar-refractivity contribution in [3.63, 3.8) is 0 Å². The van der Waals surface area contributed by atoms with Crippen molar-refractivity contribution in [3.05, 3.63) is 34.6 Å². The summed E-state index contributed by atoms with van der Waals surface area (Å²) in [5, 5.41) is 4.29. The highest BCUT2D eigenvalue weighted by Gasteiger charge is 2.53. The first-order valence-corrected chi connectivity index (χ1v) is 8.14. The number of halogens is 2. The molecule has 0 bridgehead atoms. The summed E-state index contributed by atoms with van der Waals surface area (Å²) in [7, 11) is 0. The Morgan fingerprint density at radius 2 is 2.10 bits per heavy atom. The second kappa shape index (κ2) is 5.65. The summed E-state index contributed by atoms with van der Waals surface area (Å²) < 4.78 is 13.5. The predicted molar refractivity (Wildman–Crippen MR) is 81.5 cm³/mol. The zero-order valence-electron chi connectivity index (χ0n) is 12.1. The smallest absolute Gasteiger partial charge is 0.123 e. The molecule has 0 aromatic heterocycles. The first-order chi connectivity index (χ1) is 9.62. The van der Waals surface area contributed by atoms with Crippen LogP contribution < -0.4 is 5.32 Å². The monoisotopic (exact) mass is 295 g/mol. The molecule has 1 aromatic carbocycles. The van der Waals surface area contributed by atoms with Crippen molar-refractivity contribution >= 4 is 11.6 Å². The molecular weight excluding hydrogens is 273 g/mol. The molecule has 0 spiro atoms. The van der Waals surface area contributed by atoms with Crippen molar-refractivity contribution in [3.8, 4) is 0 Å². The fourth-order valence-electron chi connectivity index (χ4n) is 3.97. The van der Waals surface area contributed by atoms with Crippen molar-refractivity contribution in [1.29, 1.82) is 0 Å². The van der Waals surface area contributed by atoms with Crippen molar-refractivity contribution in [1.82, 2.24) is 5.32 Å². The standard InChI is InChI=1S/C17H23ClFN/c1-2-5-20-11-17(8-12-6-13(12)9-17)10-14-7-15(19)3-4-16(14)18/h3-4,7,12-13,20H,2,5-6,8-11H2,1H3. The zero-order chi connectivity index (χ0) is 14.2. The van der Waals surface area contributed by atoms with Crippen molar-refractivity contribution in [2.75, 3.05) is 13.1 Å². The molecule has 0 aliphatic heterocycles. The Kier molecular flexibility index (Phi) is 4.05. The van der Waals surface area contributed by atoms with E-state index in [2.05, 4.69) is 12.2 Å². The van der Waals surface area contributed by atoms with Gasteiger partial charge in [-0.05, 0) is 79.7 Å². The molecule has 2 aliphatic rings. The number of fused-ring (bicyclic) bond motifs is 1. The molecule has 2 aliphatic carbocycles. The van der Waals surface area contributed by atoms with E-state index >= 15 is 0 Å². The maximum absolute atomic E-state index is 13.5. The number of rotatable bonds is 6. The van der Waals surface area contributed by atoms with E-state index in [4.69, 9.17) is 11.6 Å². The maximum atomic E-state index is 13.5. The second-order valence-corrected chi connectivity index (χ2v) is 7.16. The SMILES string of the molecule is CCCNCC1(Cc2cc(F)ccc2Cl)CC2CC2C1. The average molecular weight is 296 g/mol. The van der Waals surface area contributed by atoms with Crippen molar-refractivity contribution in [2.24, 2.45) is 17.3 Å². The highest BCUT2D eigenvalue weighted by atomic mass is 35.5. The maximum Gasteiger partial charge on any atom is 0.123 e. The van der Waals surface area contributed by atoms with Crippen molar-refractivity contribution < 1.29 is 4.39 Å². The molecule has 2 fully saturated rings. The number of hydrogen-bond donors (Lipinski definition) is 1. The Morgan fingerprint density at radius 1 is 1.35 bits per heavy atom. The zero-order valence-corrected chi connectivity index (χ0v) is 12.8. The predicted octanol–water partition coefficient (Wildman–Crippen LogP) is 4.44. The van der Waals surface area contributed by atoms with Gasteiger partial charge in [-0.25, -0.2) is 4.39 Å². The van der Waals surface area contributed by atoms with Gasteiger partial charge < -0.3 is 5.32 Å². The van der Waals surface area contributed by atoms with Crippen LogP contribution in [-0.2, 0) is 6.42 Å². The molecule has 110 valence electrons. The van der Waals surface area contributed by atoms with Gasteiger partial charge in [-0.1, -0.05) is 18.5 Å². The minimum Gasteiger partial charge on any atom is -0.316 e. The van der Waals surface area contributed by atoms with E-state index in [1.165, 1.54) is 25.3 Å². The molecule has 2 atom stereocenters. The minimum atomic E-state index is -0.177. The molecule has 20 heavy (non-hydrogen) atoms. The van der Waals surface area contributed by atoms with E-state index < -0.39 is 0 Å². The molecule has 0 amide bonds. The van der Waals surface area contributed by atoms with Crippen LogP contribution in [0, 0.1) is 23.1 Å². The van der Waals surface area contributed by atoms with E-state index in [-0.39, 0.29) is 5.82 Å². The summed E-state index contributed by atoms with van der Waals surface area (Å²) in [6, 6.07) is 4.75. The lowest BCUT2D eigenvalue weighted by Gasteiger charge is -2.32. The van der Waals surface area contributed by atoms with Crippen molar-refractivity contribution in [2.45, 2.75) is 39.0 Å².